The zero-order valence-electron chi connectivity index (χ0n) is 6.28. The van der Waals surface area contributed by atoms with E-state index in [0.717, 1.165) is 0 Å². The van der Waals surface area contributed by atoms with E-state index < -0.39 is 6.10 Å². The van der Waals surface area contributed by atoms with Crippen molar-refractivity contribution in [1.82, 2.24) is 4.98 Å². The summed E-state index contributed by atoms with van der Waals surface area (Å²) in [4.78, 5) is 3.97. The van der Waals surface area contributed by atoms with Gasteiger partial charge in [-0.15, -0.1) is 0 Å². The van der Waals surface area contributed by atoms with Crippen LogP contribution in [0.3, 0.4) is 0 Å². The van der Waals surface area contributed by atoms with Crippen LogP contribution in [0, 0.1) is 11.8 Å². The molecule has 0 aliphatic heterocycles. The molecule has 56 valence electrons. The highest BCUT2D eigenvalue weighted by atomic mass is 16.3. The Bertz CT molecular complexity index is 269. The van der Waals surface area contributed by atoms with E-state index >= 15 is 0 Å². The largest absolute Gasteiger partial charge is 0.381 e. The van der Waals surface area contributed by atoms with Crippen LogP contribution in [-0.2, 0) is 0 Å². The summed E-state index contributed by atoms with van der Waals surface area (Å²) in [5.74, 6) is 5.34. The summed E-state index contributed by atoms with van der Waals surface area (Å²) >= 11 is 0. The third-order valence-electron chi connectivity index (χ3n) is 1.07. The van der Waals surface area contributed by atoms with Crippen LogP contribution >= 0.6 is 0 Å². The predicted octanol–water partition coefficient (Wildman–Crippen LogP) is 0.814. The van der Waals surface area contributed by atoms with Gasteiger partial charge in [0.2, 0.25) is 0 Å². The topological polar surface area (TPSA) is 33.1 Å². The van der Waals surface area contributed by atoms with Crippen LogP contribution in [0.2, 0.25) is 0 Å². The Morgan fingerprint density at radius 3 is 2.91 bits per heavy atom. The molecule has 1 atom stereocenters. The quantitative estimate of drug-likeness (QED) is 0.551. The Balaban J connectivity index is 2.75. The lowest BCUT2D eigenvalue weighted by Crippen LogP contribution is -1.93. The number of aliphatic hydroxyl groups is 1. The van der Waals surface area contributed by atoms with Gasteiger partial charge >= 0.3 is 0 Å². The molecule has 0 bridgehead atoms. The number of aromatic nitrogens is 1. The fourth-order valence-corrected chi connectivity index (χ4v) is 0.615. The molecular formula is C9H9NO. The van der Waals surface area contributed by atoms with Gasteiger partial charge in [0.1, 0.15) is 11.8 Å². The highest BCUT2D eigenvalue weighted by Gasteiger charge is 1.85. The molecule has 0 saturated carbocycles. The van der Waals surface area contributed by atoms with E-state index in [9.17, 15) is 0 Å². The average Bonchev–Trinajstić information content (AvgIpc) is 2.03. The molecule has 1 aromatic heterocycles. The van der Waals surface area contributed by atoms with Gasteiger partial charge in [-0.25, -0.2) is 4.98 Å². The van der Waals surface area contributed by atoms with Crippen molar-refractivity contribution in [3.8, 4) is 11.8 Å². The van der Waals surface area contributed by atoms with Gasteiger partial charge in [0.15, 0.2) is 0 Å². The predicted molar refractivity (Wildman–Crippen MR) is 42.8 cm³/mol. The normalized spacial score (nSPS) is 11.5. The molecule has 11 heavy (non-hydrogen) atoms. The van der Waals surface area contributed by atoms with Gasteiger partial charge in [0, 0.05) is 6.20 Å². The minimum Gasteiger partial charge on any atom is -0.381 e. The molecular weight excluding hydrogens is 138 g/mol. The number of hydrogen-bond acceptors (Lipinski definition) is 2. The molecule has 0 radical (unpaired) electrons. The Morgan fingerprint density at radius 1 is 1.55 bits per heavy atom. The molecule has 1 heterocycles. The molecule has 1 rings (SSSR count). The Labute approximate surface area is 65.9 Å². The molecule has 2 nitrogen and oxygen atoms in total. The first-order valence-electron chi connectivity index (χ1n) is 3.39. The van der Waals surface area contributed by atoms with Gasteiger partial charge in [0.05, 0.1) is 0 Å². The first-order valence-corrected chi connectivity index (χ1v) is 3.39. The molecule has 1 aromatic rings. The van der Waals surface area contributed by atoms with E-state index in [2.05, 4.69) is 16.8 Å². The third-order valence-corrected chi connectivity index (χ3v) is 1.07. The summed E-state index contributed by atoms with van der Waals surface area (Å²) in [5.41, 5.74) is 0.688. The minimum atomic E-state index is -0.586. The van der Waals surface area contributed by atoms with Crippen molar-refractivity contribution in [1.29, 1.82) is 0 Å². The van der Waals surface area contributed by atoms with E-state index in [0.29, 0.717) is 5.69 Å². The maximum absolute atomic E-state index is 8.81. The summed E-state index contributed by atoms with van der Waals surface area (Å²) < 4.78 is 0. The molecule has 0 spiro atoms. The van der Waals surface area contributed by atoms with Gasteiger partial charge in [-0.1, -0.05) is 12.0 Å². The fourth-order valence-electron chi connectivity index (χ4n) is 0.615. The first kappa shape index (κ1) is 7.77. The van der Waals surface area contributed by atoms with Crippen LogP contribution in [0.1, 0.15) is 12.6 Å². The van der Waals surface area contributed by atoms with Crippen LogP contribution in [0.25, 0.3) is 0 Å². The Kier molecular flexibility index (Phi) is 2.65. The van der Waals surface area contributed by atoms with Crippen molar-refractivity contribution in [2.75, 3.05) is 0 Å². The van der Waals surface area contributed by atoms with Gasteiger partial charge in [-0.05, 0) is 25.0 Å². The number of rotatable bonds is 0. The van der Waals surface area contributed by atoms with Gasteiger partial charge < -0.3 is 5.11 Å². The second-order valence-corrected chi connectivity index (χ2v) is 2.16. The average molecular weight is 147 g/mol. The van der Waals surface area contributed by atoms with Crippen molar-refractivity contribution >= 4 is 0 Å². The molecule has 0 unspecified atom stereocenters. The Hall–Kier alpha value is -1.33. The van der Waals surface area contributed by atoms with Crippen LogP contribution in [0.15, 0.2) is 24.4 Å². The smallest absolute Gasteiger partial charge is 0.113 e. The summed E-state index contributed by atoms with van der Waals surface area (Å²) in [6, 6.07) is 5.49. The lowest BCUT2D eigenvalue weighted by Gasteiger charge is -1.88. The summed E-state index contributed by atoms with van der Waals surface area (Å²) in [7, 11) is 0. The van der Waals surface area contributed by atoms with Crippen molar-refractivity contribution < 1.29 is 5.11 Å². The number of pyridine rings is 1. The van der Waals surface area contributed by atoms with Crippen LogP contribution in [0.5, 0.6) is 0 Å². The Morgan fingerprint density at radius 2 is 2.36 bits per heavy atom. The van der Waals surface area contributed by atoms with Crippen LogP contribution in [0.4, 0.5) is 0 Å². The molecule has 2 heteroatoms. The van der Waals surface area contributed by atoms with Gasteiger partial charge in [-0.2, -0.15) is 0 Å². The van der Waals surface area contributed by atoms with Crippen molar-refractivity contribution in [2.45, 2.75) is 13.0 Å². The monoisotopic (exact) mass is 147 g/mol. The molecule has 0 aromatic carbocycles. The SMILES string of the molecule is C[C@@H](O)C#Cc1ccccn1. The van der Waals surface area contributed by atoms with E-state index in [1.165, 1.54) is 0 Å². The van der Waals surface area contributed by atoms with Crippen LogP contribution < -0.4 is 0 Å². The van der Waals surface area contributed by atoms with E-state index in [4.69, 9.17) is 5.11 Å². The van der Waals surface area contributed by atoms with Crippen molar-refractivity contribution in [2.24, 2.45) is 0 Å². The first-order chi connectivity index (χ1) is 5.29. The van der Waals surface area contributed by atoms with Gasteiger partial charge in [0.25, 0.3) is 0 Å². The minimum absolute atomic E-state index is 0.586. The standard InChI is InChI=1S/C9H9NO/c1-8(11)5-6-9-4-2-3-7-10-9/h2-4,7-8,11H,1H3/t8-/m1/s1. The second-order valence-electron chi connectivity index (χ2n) is 2.16. The molecule has 0 fully saturated rings. The van der Waals surface area contributed by atoms with E-state index in [1.807, 2.05) is 12.1 Å². The zero-order valence-corrected chi connectivity index (χ0v) is 6.28. The van der Waals surface area contributed by atoms with E-state index in [-0.39, 0.29) is 0 Å². The highest BCUT2D eigenvalue weighted by molar-refractivity contribution is 5.27. The molecule has 0 aliphatic carbocycles. The molecule has 0 amide bonds. The lowest BCUT2D eigenvalue weighted by atomic mass is 10.3. The molecule has 1 N–H and O–H groups in total. The molecule has 0 aliphatic rings. The third kappa shape index (κ3) is 2.83. The number of nitrogens with zero attached hydrogens (tertiary/aromatic N) is 1. The number of aliphatic hydroxyl groups excluding tert-OH is 1. The van der Waals surface area contributed by atoms with Gasteiger partial charge in [-0.3, -0.25) is 0 Å². The van der Waals surface area contributed by atoms with Crippen LogP contribution in [-0.4, -0.2) is 16.2 Å². The van der Waals surface area contributed by atoms with Crippen molar-refractivity contribution in [3.05, 3.63) is 30.1 Å². The van der Waals surface area contributed by atoms with Crippen molar-refractivity contribution in [3.63, 3.8) is 0 Å². The summed E-state index contributed by atoms with van der Waals surface area (Å²) in [6.07, 6.45) is 1.09. The highest BCUT2D eigenvalue weighted by Crippen LogP contribution is 1.89. The molecule has 0 saturated heterocycles. The van der Waals surface area contributed by atoms with E-state index in [1.54, 1.807) is 19.2 Å². The summed E-state index contributed by atoms with van der Waals surface area (Å²) in [5, 5.41) is 8.81. The number of hydrogen-bond donors (Lipinski definition) is 1. The fraction of sp³-hybridized carbons (Fsp3) is 0.222. The maximum atomic E-state index is 8.81. The second kappa shape index (κ2) is 3.75. The zero-order chi connectivity index (χ0) is 8.10. The lowest BCUT2D eigenvalue weighted by molar-refractivity contribution is 0.253. The maximum Gasteiger partial charge on any atom is 0.113 e. The summed E-state index contributed by atoms with van der Waals surface area (Å²) in [6.45, 7) is 1.62.